The quantitative estimate of drug-likeness (QED) is 0.388. The van der Waals surface area contributed by atoms with Crippen LogP contribution < -0.4 is 16.0 Å². The summed E-state index contributed by atoms with van der Waals surface area (Å²) in [5.74, 6) is 0.449. The summed E-state index contributed by atoms with van der Waals surface area (Å²) in [7, 11) is 1.57. The van der Waals surface area contributed by atoms with Gasteiger partial charge in [0.2, 0.25) is 11.6 Å². The van der Waals surface area contributed by atoms with Crippen molar-refractivity contribution in [2.24, 2.45) is 0 Å². The molecule has 25 heavy (non-hydrogen) atoms. The Hall–Kier alpha value is -2.00. The highest BCUT2D eigenvalue weighted by Gasteiger charge is 2.38. The van der Waals surface area contributed by atoms with E-state index < -0.39 is 4.92 Å². The molecule has 1 aliphatic rings. The first-order chi connectivity index (χ1) is 11.6. The zero-order chi connectivity index (χ0) is 18.7. The Bertz CT molecular complexity index is 604. The minimum absolute atomic E-state index is 0.0687. The largest absolute Gasteiger partial charge is 0.383 e. The van der Waals surface area contributed by atoms with Crippen molar-refractivity contribution in [1.82, 2.24) is 15.3 Å². The van der Waals surface area contributed by atoms with Crippen molar-refractivity contribution in [3.8, 4) is 0 Å². The van der Waals surface area contributed by atoms with E-state index in [1.165, 1.54) is 6.33 Å². The first-order valence-electron chi connectivity index (χ1n) is 8.42. The number of nitrogens with zero attached hydrogens (tertiary/aromatic N) is 3. The van der Waals surface area contributed by atoms with E-state index >= 15 is 0 Å². The molecule has 140 valence electrons. The van der Waals surface area contributed by atoms with Crippen LogP contribution in [0.2, 0.25) is 0 Å². The van der Waals surface area contributed by atoms with Gasteiger partial charge in [0.25, 0.3) is 0 Å². The Labute approximate surface area is 148 Å². The molecular formula is C16H28N6O3. The molecule has 3 N–H and O–H groups in total. The zero-order valence-electron chi connectivity index (χ0n) is 15.5. The molecule has 1 saturated heterocycles. The normalized spacial score (nSPS) is 19.4. The topological polar surface area (TPSA) is 114 Å². The van der Waals surface area contributed by atoms with Gasteiger partial charge in [-0.2, -0.15) is 0 Å². The number of ether oxygens (including phenoxy) is 1. The van der Waals surface area contributed by atoms with Crippen LogP contribution in [-0.4, -0.2) is 52.3 Å². The van der Waals surface area contributed by atoms with Crippen LogP contribution in [0.4, 0.5) is 17.3 Å². The summed E-state index contributed by atoms with van der Waals surface area (Å²) in [5, 5.41) is 21.4. The number of rotatable bonds is 7. The van der Waals surface area contributed by atoms with Crippen LogP contribution in [0.25, 0.3) is 0 Å². The van der Waals surface area contributed by atoms with Crippen LogP contribution in [-0.2, 0) is 4.74 Å². The number of hydrogen-bond acceptors (Lipinski definition) is 8. The van der Waals surface area contributed by atoms with Crippen molar-refractivity contribution < 1.29 is 9.66 Å². The summed E-state index contributed by atoms with van der Waals surface area (Å²) < 4.78 is 4.96. The molecule has 0 saturated carbocycles. The number of nitrogens with one attached hydrogen (secondary N) is 3. The highest BCUT2D eigenvalue weighted by atomic mass is 16.6. The van der Waals surface area contributed by atoms with Gasteiger partial charge in [0.15, 0.2) is 0 Å². The maximum atomic E-state index is 11.6. The molecule has 2 heterocycles. The van der Waals surface area contributed by atoms with Crippen molar-refractivity contribution in [3.05, 3.63) is 16.4 Å². The Morgan fingerprint density at radius 1 is 1.28 bits per heavy atom. The van der Waals surface area contributed by atoms with Gasteiger partial charge in [-0.05, 0) is 40.5 Å². The van der Waals surface area contributed by atoms with Gasteiger partial charge in [-0.1, -0.05) is 0 Å². The fourth-order valence-corrected chi connectivity index (χ4v) is 3.68. The summed E-state index contributed by atoms with van der Waals surface area (Å²) in [6.07, 6.45) is 3.01. The fourth-order valence-electron chi connectivity index (χ4n) is 3.68. The summed E-state index contributed by atoms with van der Waals surface area (Å²) in [5.41, 5.74) is -0.269. The molecule has 1 aromatic heterocycles. The lowest BCUT2D eigenvalue weighted by Gasteiger charge is -2.46. The van der Waals surface area contributed by atoms with Gasteiger partial charge in [-0.3, -0.25) is 10.1 Å². The predicted molar refractivity (Wildman–Crippen MR) is 97.0 cm³/mol. The second-order valence-electron chi connectivity index (χ2n) is 7.74. The van der Waals surface area contributed by atoms with Crippen molar-refractivity contribution in [2.75, 3.05) is 30.9 Å². The fraction of sp³-hybridized carbons (Fsp3) is 0.750. The van der Waals surface area contributed by atoms with E-state index in [9.17, 15) is 10.1 Å². The van der Waals surface area contributed by atoms with Gasteiger partial charge >= 0.3 is 5.69 Å². The molecular weight excluding hydrogens is 324 g/mol. The summed E-state index contributed by atoms with van der Waals surface area (Å²) in [6.45, 7) is 9.40. The monoisotopic (exact) mass is 352 g/mol. The van der Waals surface area contributed by atoms with E-state index in [0.29, 0.717) is 13.2 Å². The summed E-state index contributed by atoms with van der Waals surface area (Å²) >= 11 is 0. The number of nitro groups is 1. The van der Waals surface area contributed by atoms with Crippen molar-refractivity contribution in [1.29, 1.82) is 0 Å². The number of anilines is 2. The number of hydrogen-bond donors (Lipinski definition) is 3. The first-order valence-corrected chi connectivity index (χ1v) is 8.42. The number of methoxy groups -OCH3 is 1. The van der Waals surface area contributed by atoms with E-state index in [2.05, 4.69) is 53.6 Å². The van der Waals surface area contributed by atoms with Crippen molar-refractivity contribution in [3.63, 3.8) is 0 Å². The van der Waals surface area contributed by atoms with Crippen LogP contribution >= 0.6 is 0 Å². The van der Waals surface area contributed by atoms with Crippen LogP contribution in [0.1, 0.15) is 40.5 Å². The lowest BCUT2D eigenvalue weighted by atomic mass is 9.79. The Morgan fingerprint density at radius 2 is 1.88 bits per heavy atom. The Morgan fingerprint density at radius 3 is 2.44 bits per heavy atom. The predicted octanol–water partition coefficient (Wildman–Crippen LogP) is 2.16. The molecule has 1 fully saturated rings. The third-order valence-electron chi connectivity index (χ3n) is 4.13. The molecule has 0 spiro atoms. The van der Waals surface area contributed by atoms with Crippen LogP contribution in [0.15, 0.2) is 6.33 Å². The summed E-state index contributed by atoms with van der Waals surface area (Å²) in [6, 6.07) is 0.0756. The lowest BCUT2D eigenvalue weighted by Crippen LogP contribution is -2.60. The average molecular weight is 352 g/mol. The van der Waals surface area contributed by atoms with Gasteiger partial charge in [-0.15, -0.1) is 0 Å². The van der Waals surface area contributed by atoms with Gasteiger partial charge in [0, 0.05) is 30.8 Å². The Kier molecular flexibility index (Phi) is 5.79. The maximum absolute atomic E-state index is 11.6. The molecule has 2 rings (SSSR count). The van der Waals surface area contributed by atoms with Gasteiger partial charge in [-0.25, -0.2) is 9.97 Å². The Balaban J connectivity index is 2.23. The number of piperidine rings is 1. The van der Waals surface area contributed by atoms with Gasteiger partial charge in [0.1, 0.15) is 6.33 Å². The molecule has 0 aliphatic carbocycles. The highest BCUT2D eigenvalue weighted by molar-refractivity contribution is 5.69. The van der Waals surface area contributed by atoms with Gasteiger partial charge < -0.3 is 20.7 Å². The maximum Gasteiger partial charge on any atom is 0.353 e. The lowest BCUT2D eigenvalue weighted by molar-refractivity contribution is -0.383. The first kappa shape index (κ1) is 19.3. The van der Waals surface area contributed by atoms with E-state index in [0.717, 1.165) is 12.8 Å². The molecule has 1 aromatic rings. The van der Waals surface area contributed by atoms with E-state index in [1.54, 1.807) is 7.11 Å². The van der Waals surface area contributed by atoms with Crippen LogP contribution in [0.5, 0.6) is 0 Å². The standard InChI is InChI=1S/C16H28N6O3/c1-15(2)8-11(9-16(3,4)21-15)20-14-12(22(23)24)13(18-10-19-14)17-6-7-25-5/h10-11,21H,6-9H2,1-5H3,(H2,17,18,19,20). The molecule has 1 aliphatic heterocycles. The third kappa shape index (κ3) is 5.23. The van der Waals surface area contributed by atoms with Crippen LogP contribution in [0, 0.1) is 10.1 Å². The molecule has 0 radical (unpaired) electrons. The van der Waals surface area contributed by atoms with E-state index in [1.807, 2.05) is 0 Å². The summed E-state index contributed by atoms with van der Waals surface area (Å²) in [4.78, 5) is 19.3. The third-order valence-corrected chi connectivity index (χ3v) is 4.13. The SMILES string of the molecule is COCCNc1ncnc(NC2CC(C)(C)NC(C)(C)C2)c1[N+](=O)[O-]. The molecule has 9 nitrogen and oxygen atoms in total. The van der Waals surface area contributed by atoms with Crippen molar-refractivity contribution in [2.45, 2.75) is 57.7 Å². The molecule has 0 bridgehead atoms. The van der Waals surface area contributed by atoms with Crippen molar-refractivity contribution >= 4 is 17.3 Å². The minimum Gasteiger partial charge on any atom is -0.383 e. The minimum atomic E-state index is -0.450. The second-order valence-corrected chi connectivity index (χ2v) is 7.74. The average Bonchev–Trinajstić information content (AvgIpc) is 2.43. The molecule has 0 amide bonds. The second kappa shape index (κ2) is 7.49. The molecule has 0 aromatic carbocycles. The number of aromatic nitrogens is 2. The molecule has 0 unspecified atom stereocenters. The smallest absolute Gasteiger partial charge is 0.353 e. The van der Waals surface area contributed by atoms with E-state index in [-0.39, 0.29) is 34.4 Å². The highest BCUT2D eigenvalue weighted by Crippen LogP contribution is 2.34. The molecule has 0 atom stereocenters. The molecule has 9 heteroatoms. The van der Waals surface area contributed by atoms with Gasteiger partial charge in [0.05, 0.1) is 11.5 Å². The zero-order valence-corrected chi connectivity index (χ0v) is 15.5. The van der Waals surface area contributed by atoms with E-state index in [4.69, 9.17) is 4.74 Å². The van der Waals surface area contributed by atoms with Crippen LogP contribution in [0.3, 0.4) is 0 Å².